The summed E-state index contributed by atoms with van der Waals surface area (Å²) >= 11 is 1.80. The number of benzene rings is 2. The molecule has 140 valence electrons. The summed E-state index contributed by atoms with van der Waals surface area (Å²) in [7, 11) is 0. The highest BCUT2D eigenvalue weighted by molar-refractivity contribution is 7.10. The molecule has 0 spiro atoms. The molecule has 1 aromatic heterocycles. The number of thiophene rings is 1. The van der Waals surface area contributed by atoms with Crippen LogP contribution in [0, 0.1) is 0 Å². The van der Waals surface area contributed by atoms with Crippen LogP contribution in [-0.4, -0.2) is 19.1 Å². The van der Waals surface area contributed by atoms with E-state index < -0.39 is 0 Å². The normalized spacial score (nSPS) is 15.7. The first-order chi connectivity index (χ1) is 13.2. The Kier molecular flexibility index (Phi) is 5.17. The zero-order valence-corrected chi connectivity index (χ0v) is 16.5. The molecule has 0 bridgehead atoms. The number of fused-ring (bicyclic) bond motifs is 1. The van der Waals surface area contributed by atoms with E-state index in [4.69, 9.17) is 4.74 Å². The zero-order chi connectivity index (χ0) is 18.7. The van der Waals surface area contributed by atoms with Gasteiger partial charge >= 0.3 is 0 Å². The minimum atomic E-state index is -0.0434. The molecular weight excluding hydrogens is 354 g/mol. The van der Waals surface area contributed by atoms with E-state index in [9.17, 15) is 4.79 Å². The van der Waals surface area contributed by atoms with Crippen LogP contribution in [0.5, 0.6) is 5.75 Å². The molecule has 0 unspecified atom stereocenters. The van der Waals surface area contributed by atoms with Gasteiger partial charge in [-0.2, -0.15) is 0 Å². The van der Waals surface area contributed by atoms with Crippen LogP contribution in [0.4, 0.5) is 0 Å². The summed E-state index contributed by atoms with van der Waals surface area (Å²) in [6.07, 6.45) is 4.74. The first-order valence-electron chi connectivity index (χ1n) is 9.70. The number of carbonyl (C=O) groups is 1. The Morgan fingerprint density at radius 3 is 2.67 bits per heavy atom. The Morgan fingerprint density at radius 1 is 1.11 bits per heavy atom. The van der Waals surface area contributed by atoms with Crippen molar-refractivity contribution in [1.82, 2.24) is 5.32 Å². The summed E-state index contributed by atoms with van der Waals surface area (Å²) in [6, 6.07) is 16.2. The minimum Gasteiger partial charge on any atom is -0.493 e. The van der Waals surface area contributed by atoms with Crippen LogP contribution in [0.1, 0.15) is 47.8 Å². The molecule has 4 rings (SSSR count). The predicted octanol–water partition coefficient (Wildman–Crippen LogP) is 5.54. The van der Waals surface area contributed by atoms with Gasteiger partial charge in [-0.25, -0.2) is 0 Å². The van der Waals surface area contributed by atoms with Crippen molar-refractivity contribution in [2.24, 2.45) is 0 Å². The lowest BCUT2D eigenvalue weighted by molar-refractivity contribution is 0.0941. The van der Waals surface area contributed by atoms with E-state index in [2.05, 4.69) is 22.8 Å². The third-order valence-electron chi connectivity index (χ3n) is 5.61. The summed E-state index contributed by atoms with van der Waals surface area (Å²) < 4.78 is 5.78. The van der Waals surface area contributed by atoms with Crippen LogP contribution in [-0.2, 0) is 5.41 Å². The van der Waals surface area contributed by atoms with Gasteiger partial charge < -0.3 is 10.1 Å². The van der Waals surface area contributed by atoms with Crippen molar-refractivity contribution in [1.29, 1.82) is 0 Å². The molecule has 3 nitrogen and oxygen atoms in total. The van der Waals surface area contributed by atoms with Crippen molar-refractivity contribution in [3.05, 3.63) is 64.4 Å². The van der Waals surface area contributed by atoms with Crippen molar-refractivity contribution in [3.8, 4) is 5.75 Å². The van der Waals surface area contributed by atoms with Crippen LogP contribution in [0.25, 0.3) is 10.8 Å². The van der Waals surface area contributed by atoms with Gasteiger partial charge in [0.1, 0.15) is 5.75 Å². The second-order valence-electron chi connectivity index (χ2n) is 7.24. The maximum atomic E-state index is 13.2. The van der Waals surface area contributed by atoms with E-state index >= 15 is 0 Å². The number of rotatable bonds is 6. The third kappa shape index (κ3) is 3.46. The maximum Gasteiger partial charge on any atom is 0.255 e. The molecule has 0 saturated heterocycles. The van der Waals surface area contributed by atoms with Gasteiger partial charge in [-0.1, -0.05) is 49.2 Å². The summed E-state index contributed by atoms with van der Waals surface area (Å²) in [6.45, 7) is 3.17. The first-order valence-corrected chi connectivity index (χ1v) is 10.6. The van der Waals surface area contributed by atoms with Gasteiger partial charge in [-0.05, 0) is 48.1 Å². The number of ether oxygens (including phenoxy) is 1. The quantitative estimate of drug-likeness (QED) is 0.610. The average molecular weight is 380 g/mol. The standard InChI is InChI=1S/C23H25NO2S/c1-2-26-19-12-11-17-8-3-4-9-18(17)21(19)22(25)24-16-23(13-5-6-14-23)20-10-7-15-27-20/h3-4,7-12,15H,2,5-6,13-14,16H2,1H3,(H,24,25). The number of amides is 1. The van der Waals surface area contributed by atoms with E-state index in [0.29, 0.717) is 24.5 Å². The lowest BCUT2D eigenvalue weighted by Crippen LogP contribution is -2.38. The van der Waals surface area contributed by atoms with Crippen molar-refractivity contribution in [2.45, 2.75) is 38.0 Å². The van der Waals surface area contributed by atoms with Crippen LogP contribution in [0.15, 0.2) is 53.9 Å². The second-order valence-corrected chi connectivity index (χ2v) is 8.19. The molecule has 1 aliphatic rings. The highest BCUT2D eigenvalue weighted by Crippen LogP contribution is 2.42. The molecule has 1 amide bonds. The molecule has 1 saturated carbocycles. The monoisotopic (exact) mass is 379 g/mol. The fourth-order valence-corrected chi connectivity index (χ4v) is 5.23. The topological polar surface area (TPSA) is 38.3 Å². The van der Waals surface area contributed by atoms with Gasteiger partial charge in [0.2, 0.25) is 0 Å². The molecule has 4 heteroatoms. The molecule has 27 heavy (non-hydrogen) atoms. The van der Waals surface area contributed by atoms with Crippen molar-refractivity contribution in [3.63, 3.8) is 0 Å². The van der Waals surface area contributed by atoms with Gasteiger partial charge in [0.15, 0.2) is 0 Å². The molecule has 0 radical (unpaired) electrons. The van der Waals surface area contributed by atoms with E-state index in [0.717, 1.165) is 23.6 Å². The largest absolute Gasteiger partial charge is 0.493 e. The second kappa shape index (κ2) is 7.73. The molecular formula is C23H25NO2S. The van der Waals surface area contributed by atoms with Gasteiger partial charge in [-0.15, -0.1) is 11.3 Å². The fourth-order valence-electron chi connectivity index (χ4n) is 4.24. The molecule has 1 N–H and O–H groups in total. The lowest BCUT2D eigenvalue weighted by atomic mass is 9.84. The fraction of sp³-hybridized carbons (Fsp3) is 0.348. The van der Waals surface area contributed by atoms with E-state index in [1.165, 1.54) is 17.7 Å². The Hall–Kier alpha value is -2.33. The van der Waals surface area contributed by atoms with Gasteiger partial charge in [-0.3, -0.25) is 4.79 Å². The Morgan fingerprint density at radius 2 is 1.93 bits per heavy atom. The van der Waals surface area contributed by atoms with E-state index in [-0.39, 0.29) is 11.3 Å². The van der Waals surface area contributed by atoms with Crippen molar-refractivity contribution < 1.29 is 9.53 Å². The number of carbonyl (C=O) groups excluding carboxylic acids is 1. The van der Waals surface area contributed by atoms with Crippen molar-refractivity contribution in [2.75, 3.05) is 13.2 Å². The summed E-state index contributed by atoms with van der Waals surface area (Å²) in [5.41, 5.74) is 0.731. The SMILES string of the molecule is CCOc1ccc2ccccc2c1C(=O)NCC1(c2cccs2)CCCC1. The Bertz CT molecular complexity index is 927. The predicted molar refractivity (Wildman–Crippen MR) is 112 cm³/mol. The van der Waals surface area contributed by atoms with Crippen LogP contribution in [0.3, 0.4) is 0 Å². The van der Waals surface area contributed by atoms with E-state index in [1.807, 2.05) is 43.3 Å². The van der Waals surface area contributed by atoms with Crippen molar-refractivity contribution >= 4 is 28.0 Å². The number of hydrogen-bond donors (Lipinski definition) is 1. The van der Waals surface area contributed by atoms with Gasteiger partial charge in [0.25, 0.3) is 5.91 Å². The Balaban J connectivity index is 1.64. The first kappa shape index (κ1) is 18.1. The summed E-state index contributed by atoms with van der Waals surface area (Å²) in [5.74, 6) is 0.614. The lowest BCUT2D eigenvalue weighted by Gasteiger charge is -2.28. The highest BCUT2D eigenvalue weighted by Gasteiger charge is 2.37. The molecule has 0 atom stereocenters. The molecule has 0 aliphatic heterocycles. The third-order valence-corrected chi connectivity index (χ3v) is 6.73. The van der Waals surface area contributed by atoms with Gasteiger partial charge in [0.05, 0.1) is 12.2 Å². The van der Waals surface area contributed by atoms with Crippen LogP contribution >= 0.6 is 11.3 Å². The van der Waals surface area contributed by atoms with Gasteiger partial charge in [0, 0.05) is 16.8 Å². The number of hydrogen-bond acceptors (Lipinski definition) is 3. The summed E-state index contributed by atoms with van der Waals surface area (Å²) in [4.78, 5) is 14.6. The minimum absolute atomic E-state index is 0.0434. The molecule has 1 fully saturated rings. The smallest absolute Gasteiger partial charge is 0.255 e. The number of nitrogens with one attached hydrogen (secondary N) is 1. The highest BCUT2D eigenvalue weighted by atomic mass is 32.1. The average Bonchev–Trinajstić information content (AvgIpc) is 3.39. The summed E-state index contributed by atoms with van der Waals surface area (Å²) in [5, 5.41) is 7.38. The Labute approximate surface area is 164 Å². The van der Waals surface area contributed by atoms with E-state index in [1.54, 1.807) is 11.3 Å². The molecule has 1 aliphatic carbocycles. The molecule has 3 aromatic rings. The molecule has 2 aromatic carbocycles. The zero-order valence-electron chi connectivity index (χ0n) is 15.7. The molecule has 1 heterocycles. The van der Waals surface area contributed by atoms with Crippen LogP contribution < -0.4 is 10.1 Å². The maximum absolute atomic E-state index is 13.2. The van der Waals surface area contributed by atoms with Crippen LogP contribution in [0.2, 0.25) is 0 Å².